The Labute approximate surface area is 158 Å². The van der Waals surface area contributed by atoms with Gasteiger partial charge in [-0.2, -0.15) is 10.2 Å². The SMILES string of the molecule is Cc1cnn(C2CCCc3ccccc32)c1NC(=O)c1cnn2c1CCC2. The van der Waals surface area contributed by atoms with Gasteiger partial charge in [-0.05, 0) is 50.2 Å². The zero-order valence-electron chi connectivity index (χ0n) is 15.5. The third kappa shape index (κ3) is 2.67. The molecule has 0 fully saturated rings. The second-order valence-electron chi connectivity index (χ2n) is 7.51. The van der Waals surface area contributed by atoms with E-state index in [0.717, 1.165) is 55.7 Å². The number of benzene rings is 1. The Morgan fingerprint density at radius 2 is 2.04 bits per heavy atom. The highest BCUT2D eigenvalue weighted by molar-refractivity contribution is 6.04. The van der Waals surface area contributed by atoms with Crippen LogP contribution in [-0.2, 0) is 19.4 Å². The van der Waals surface area contributed by atoms with Crippen molar-refractivity contribution in [2.75, 3.05) is 5.32 Å². The maximum Gasteiger partial charge on any atom is 0.260 e. The van der Waals surface area contributed by atoms with Crippen molar-refractivity contribution in [3.8, 4) is 0 Å². The molecule has 1 amide bonds. The van der Waals surface area contributed by atoms with Crippen LogP contribution in [0.5, 0.6) is 0 Å². The molecule has 6 heteroatoms. The van der Waals surface area contributed by atoms with Crippen LogP contribution < -0.4 is 5.32 Å². The molecular weight excluding hydrogens is 338 g/mol. The van der Waals surface area contributed by atoms with E-state index in [1.165, 1.54) is 11.1 Å². The first-order valence-corrected chi connectivity index (χ1v) is 9.70. The van der Waals surface area contributed by atoms with Crippen LogP contribution in [0.3, 0.4) is 0 Å². The van der Waals surface area contributed by atoms with Gasteiger partial charge in [0.15, 0.2) is 0 Å². The Balaban J connectivity index is 1.48. The van der Waals surface area contributed by atoms with E-state index in [2.05, 4.69) is 39.8 Å². The molecule has 3 aromatic rings. The van der Waals surface area contributed by atoms with Crippen LogP contribution in [0.15, 0.2) is 36.7 Å². The molecule has 1 unspecified atom stereocenters. The third-order valence-electron chi connectivity index (χ3n) is 5.82. The van der Waals surface area contributed by atoms with E-state index in [1.807, 2.05) is 22.5 Å². The summed E-state index contributed by atoms with van der Waals surface area (Å²) in [5, 5.41) is 12.1. The van der Waals surface area contributed by atoms with Gasteiger partial charge in [0, 0.05) is 12.1 Å². The maximum atomic E-state index is 13.0. The van der Waals surface area contributed by atoms with E-state index in [4.69, 9.17) is 0 Å². The van der Waals surface area contributed by atoms with Crippen molar-refractivity contribution in [2.24, 2.45) is 0 Å². The largest absolute Gasteiger partial charge is 0.306 e. The minimum absolute atomic E-state index is 0.0907. The molecule has 1 aliphatic heterocycles. The van der Waals surface area contributed by atoms with E-state index in [9.17, 15) is 4.79 Å². The molecule has 2 aromatic heterocycles. The predicted molar refractivity (Wildman–Crippen MR) is 103 cm³/mol. The molecule has 0 saturated carbocycles. The zero-order chi connectivity index (χ0) is 18.4. The van der Waals surface area contributed by atoms with Crippen LogP contribution in [0.4, 0.5) is 5.82 Å². The second kappa shape index (κ2) is 6.37. The number of rotatable bonds is 3. The molecule has 1 atom stereocenters. The number of anilines is 1. The van der Waals surface area contributed by atoms with Crippen molar-refractivity contribution in [3.05, 3.63) is 64.6 Å². The monoisotopic (exact) mass is 361 g/mol. The average molecular weight is 361 g/mol. The molecular formula is C21H23N5O. The van der Waals surface area contributed by atoms with Gasteiger partial charge < -0.3 is 5.32 Å². The topological polar surface area (TPSA) is 64.7 Å². The Morgan fingerprint density at radius 1 is 1.15 bits per heavy atom. The first-order chi connectivity index (χ1) is 13.2. The zero-order valence-corrected chi connectivity index (χ0v) is 15.5. The van der Waals surface area contributed by atoms with Crippen LogP contribution in [0.2, 0.25) is 0 Å². The van der Waals surface area contributed by atoms with Gasteiger partial charge in [-0.25, -0.2) is 4.68 Å². The van der Waals surface area contributed by atoms with E-state index < -0.39 is 0 Å². The number of carbonyl (C=O) groups excluding carboxylic acids is 1. The first kappa shape index (κ1) is 16.3. The van der Waals surface area contributed by atoms with E-state index in [1.54, 1.807) is 6.20 Å². The summed E-state index contributed by atoms with van der Waals surface area (Å²) < 4.78 is 3.94. The normalized spacial score (nSPS) is 18.2. The van der Waals surface area contributed by atoms with Gasteiger partial charge in [-0.3, -0.25) is 9.48 Å². The van der Waals surface area contributed by atoms with Gasteiger partial charge in [-0.1, -0.05) is 24.3 Å². The molecule has 6 nitrogen and oxygen atoms in total. The molecule has 3 heterocycles. The highest BCUT2D eigenvalue weighted by atomic mass is 16.1. The lowest BCUT2D eigenvalue weighted by Gasteiger charge is -2.27. The van der Waals surface area contributed by atoms with Crippen molar-refractivity contribution in [1.82, 2.24) is 19.6 Å². The van der Waals surface area contributed by atoms with Crippen molar-refractivity contribution < 1.29 is 4.79 Å². The van der Waals surface area contributed by atoms with Gasteiger partial charge in [0.1, 0.15) is 5.82 Å². The molecule has 0 radical (unpaired) electrons. The van der Waals surface area contributed by atoms with Crippen LogP contribution in [0.25, 0.3) is 0 Å². The van der Waals surface area contributed by atoms with Gasteiger partial charge in [-0.15, -0.1) is 0 Å². The number of aryl methyl sites for hydroxylation is 3. The summed E-state index contributed by atoms with van der Waals surface area (Å²) in [4.78, 5) is 13.0. The molecule has 138 valence electrons. The fraction of sp³-hybridized carbons (Fsp3) is 0.381. The van der Waals surface area contributed by atoms with Crippen molar-refractivity contribution in [3.63, 3.8) is 0 Å². The van der Waals surface area contributed by atoms with E-state index >= 15 is 0 Å². The summed E-state index contributed by atoms with van der Waals surface area (Å²) in [5.41, 5.74) is 5.40. The van der Waals surface area contributed by atoms with Crippen LogP contribution >= 0.6 is 0 Å². The van der Waals surface area contributed by atoms with Crippen LogP contribution in [0, 0.1) is 6.92 Å². The summed E-state index contributed by atoms with van der Waals surface area (Å²) in [5.74, 6) is 0.701. The lowest BCUT2D eigenvalue weighted by molar-refractivity contribution is 0.102. The molecule has 5 rings (SSSR count). The Hall–Kier alpha value is -2.89. The van der Waals surface area contributed by atoms with Gasteiger partial charge >= 0.3 is 0 Å². The Bertz CT molecular complexity index is 1020. The summed E-state index contributed by atoms with van der Waals surface area (Å²) >= 11 is 0. The number of aromatic nitrogens is 4. The summed E-state index contributed by atoms with van der Waals surface area (Å²) in [6.45, 7) is 2.90. The number of fused-ring (bicyclic) bond motifs is 2. The minimum atomic E-state index is -0.0907. The molecule has 0 spiro atoms. The van der Waals surface area contributed by atoms with Gasteiger partial charge in [0.05, 0.1) is 29.7 Å². The second-order valence-corrected chi connectivity index (χ2v) is 7.51. The van der Waals surface area contributed by atoms with Crippen molar-refractivity contribution in [1.29, 1.82) is 0 Å². The lowest BCUT2D eigenvalue weighted by atomic mass is 9.88. The van der Waals surface area contributed by atoms with Crippen molar-refractivity contribution >= 4 is 11.7 Å². The molecule has 1 aliphatic carbocycles. The lowest BCUT2D eigenvalue weighted by Crippen LogP contribution is -2.23. The summed E-state index contributed by atoms with van der Waals surface area (Å²) in [6, 6.07) is 8.73. The number of hydrogen-bond acceptors (Lipinski definition) is 3. The number of hydrogen-bond donors (Lipinski definition) is 1. The number of nitrogens with one attached hydrogen (secondary N) is 1. The summed E-state index contributed by atoms with van der Waals surface area (Å²) in [7, 11) is 0. The Morgan fingerprint density at radius 3 is 2.96 bits per heavy atom. The highest BCUT2D eigenvalue weighted by Gasteiger charge is 2.27. The third-order valence-corrected chi connectivity index (χ3v) is 5.82. The molecule has 27 heavy (non-hydrogen) atoms. The molecule has 1 N–H and O–H groups in total. The standard InChI is InChI=1S/C21H23N5O/c1-14-12-23-26(19-9-4-7-15-6-2-3-8-16(15)19)20(14)24-21(27)17-13-22-25-11-5-10-18(17)25/h2-3,6,8,12-13,19H,4-5,7,9-11H2,1H3,(H,24,27). The number of nitrogens with zero attached hydrogens (tertiary/aromatic N) is 4. The maximum absolute atomic E-state index is 13.0. The molecule has 0 saturated heterocycles. The summed E-state index contributed by atoms with van der Waals surface area (Å²) in [6.07, 6.45) is 8.77. The first-order valence-electron chi connectivity index (χ1n) is 9.70. The fourth-order valence-corrected chi connectivity index (χ4v) is 4.45. The number of amides is 1. The quantitative estimate of drug-likeness (QED) is 0.776. The van der Waals surface area contributed by atoms with E-state index in [0.29, 0.717) is 5.56 Å². The van der Waals surface area contributed by atoms with Crippen LogP contribution in [-0.4, -0.2) is 25.5 Å². The predicted octanol–water partition coefficient (Wildman–Crippen LogP) is 3.51. The van der Waals surface area contributed by atoms with Crippen molar-refractivity contribution in [2.45, 2.75) is 51.6 Å². The minimum Gasteiger partial charge on any atom is -0.306 e. The Kier molecular flexibility index (Phi) is 3.85. The highest BCUT2D eigenvalue weighted by Crippen LogP contribution is 2.35. The fourth-order valence-electron chi connectivity index (χ4n) is 4.45. The molecule has 0 bridgehead atoms. The van der Waals surface area contributed by atoms with Crippen LogP contribution in [0.1, 0.15) is 58.0 Å². The van der Waals surface area contributed by atoms with Gasteiger partial charge in [0.25, 0.3) is 5.91 Å². The smallest absolute Gasteiger partial charge is 0.260 e. The van der Waals surface area contributed by atoms with E-state index in [-0.39, 0.29) is 11.9 Å². The number of carbonyl (C=O) groups is 1. The average Bonchev–Trinajstić information content (AvgIpc) is 3.38. The molecule has 1 aromatic carbocycles. The van der Waals surface area contributed by atoms with Gasteiger partial charge in [0.2, 0.25) is 0 Å². The molecule has 2 aliphatic rings.